The lowest BCUT2D eigenvalue weighted by atomic mass is 10.0. The summed E-state index contributed by atoms with van der Waals surface area (Å²) in [6, 6.07) is 11.3. The van der Waals surface area contributed by atoms with E-state index in [1.807, 2.05) is 6.92 Å². The van der Waals surface area contributed by atoms with Crippen molar-refractivity contribution < 1.29 is 9.47 Å². The Labute approximate surface area is 206 Å². The van der Waals surface area contributed by atoms with Crippen LogP contribution in [0.4, 0.5) is 5.82 Å². The maximum atomic E-state index is 5.95. The zero-order chi connectivity index (χ0) is 23.3. The van der Waals surface area contributed by atoms with E-state index in [4.69, 9.17) is 14.5 Å². The number of morpholine rings is 1. The molecule has 7 nitrogen and oxygen atoms in total. The Morgan fingerprint density at radius 2 is 1.79 bits per heavy atom. The lowest BCUT2D eigenvalue weighted by Crippen LogP contribution is -2.38. The summed E-state index contributed by atoms with van der Waals surface area (Å²) >= 11 is 1.74. The summed E-state index contributed by atoms with van der Waals surface area (Å²) < 4.78 is 11.3. The zero-order valence-electron chi connectivity index (χ0n) is 20.3. The molecular weight excluding hydrogens is 446 g/mol. The molecule has 0 bridgehead atoms. The van der Waals surface area contributed by atoms with Gasteiger partial charge in [-0.1, -0.05) is 12.1 Å². The third kappa shape index (κ3) is 6.05. The molecule has 34 heavy (non-hydrogen) atoms. The molecule has 0 atom stereocenters. The number of hydrogen-bond donors (Lipinski definition) is 1. The van der Waals surface area contributed by atoms with Crippen LogP contribution >= 0.6 is 11.3 Å². The molecule has 1 N–H and O–H groups in total. The molecule has 0 aliphatic carbocycles. The van der Waals surface area contributed by atoms with Crippen LogP contribution in [0, 0.1) is 13.8 Å². The predicted octanol–water partition coefficient (Wildman–Crippen LogP) is 4.10. The van der Waals surface area contributed by atoms with Crippen molar-refractivity contribution in [1.29, 1.82) is 0 Å². The standard InChI is InChI=1S/C26H35N5O2S/c1-19-17-24-25(27-20(2)28-26(24)34-19)29-22-7-9-31(10-8-22)18-21-3-5-23(6-4-21)33-16-13-30-11-14-32-15-12-30/h3-6,17,22H,7-16,18H2,1-2H3,(H,27,28,29). The number of piperidine rings is 1. The number of likely N-dealkylation sites (tertiary alicyclic amines) is 1. The van der Waals surface area contributed by atoms with Crippen LogP contribution in [0.15, 0.2) is 30.3 Å². The molecule has 182 valence electrons. The number of thiophene rings is 1. The van der Waals surface area contributed by atoms with E-state index in [1.54, 1.807) is 11.3 Å². The summed E-state index contributed by atoms with van der Waals surface area (Å²) in [6.45, 7) is 12.6. The number of fused-ring (bicyclic) bond motifs is 1. The summed E-state index contributed by atoms with van der Waals surface area (Å²) in [5, 5.41) is 4.87. The van der Waals surface area contributed by atoms with Gasteiger partial charge in [0, 0.05) is 50.2 Å². The summed E-state index contributed by atoms with van der Waals surface area (Å²) in [6.07, 6.45) is 2.24. The van der Waals surface area contributed by atoms with Crippen molar-refractivity contribution in [3.63, 3.8) is 0 Å². The number of anilines is 1. The van der Waals surface area contributed by atoms with Crippen molar-refractivity contribution in [2.75, 3.05) is 57.9 Å². The van der Waals surface area contributed by atoms with Crippen LogP contribution in [0.3, 0.4) is 0 Å². The predicted molar refractivity (Wildman–Crippen MR) is 138 cm³/mol. The molecule has 2 aliphatic heterocycles. The average Bonchev–Trinajstić information content (AvgIpc) is 3.22. The van der Waals surface area contributed by atoms with Gasteiger partial charge in [0.2, 0.25) is 0 Å². The highest BCUT2D eigenvalue weighted by atomic mass is 32.1. The van der Waals surface area contributed by atoms with E-state index < -0.39 is 0 Å². The highest BCUT2D eigenvalue weighted by Crippen LogP contribution is 2.30. The van der Waals surface area contributed by atoms with Gasteiger partial charge in [0.1, 0.15) is 28.8 Å². The molecule has 2 aliphatic rings. The van der Waals surface area contributed by atoms with Crippen molar-refractivity contribution >= 4 is 27.4 Å². The van der Waals surface area contributed by atoms with E-state index in [0.29, 0.717) is 6.04 Å². The quantitative estimate of drug-likeness (QED) is 0.520. The normalized spacial score (nSPS) is 18.4. The molecule has 5 rings (SSSR count). The fourth-order valence-electron chi connectivity index (χ4n) is 4.75. The van der Waals surface area contributed by atoms with E-state index in [2.05, 4.69) is 57.4 Å². The second kappa shape index (κ2) is 11.0. The van der Waals surface area contributed by atoms with Gasteiger partial charge in [0.25, 0.3) is 0 Å². The van der Waals surface area contributed by atoms with Gasteiger partial charge in [0.05, 0.1) is 18.6 Å². The molecule has 0 radical (unpaired) electrons. The van der Waals surface area contributed by atoms with Crippen molar-refractivity contribution in [2.45, 2.75) is 39.3 Å². The van der Waals surface area contributed by atoms with Crippen molar-refractivity contribution in [3.05, 3.63) is 46.6 Å². The second-order valence-electron chi connectivity index (χ2n) is 9.34. The largest absolute Gasteiger partial charge is 0.492 e. The van der Waals surface area contributed by atoms with Gasteiger partial charge in [-0.25, -0.2) is 9.97 Å². The van der Waals surface area contributed by atoms with E-state index in [-0.39, 0.29) is 0 Å². The Bertz CT molecular complexity index is 1070. The van der Waals surface area contributed by atoms with E-state index in [1.165, 1.54) is 10.4 Å². The molecule has 8 heteroatoms. The Morgan fingerprint density at radius 3 is 2.56 bits per heavy atom. The Kier molecular flexibility index (Phi) is 7.59. The first kappa shape index (κ1) is 23.5. The summed E-state index contributed by atoms with van der Waals surface area (Å²) in [4.78, 5) is 16.6. The molecule has 0 amide bonds. The van der Waals surface area contributed by atoms with Crippen molar-refractivity contribution in [1.82, 2.24) is 19.8 Å². The monoisotopic (exact) mass is 481 g/mol. The minimum Gasteiger partial charge on any atom is -0.492 e. The highest BCUT2D eigenvalue weighted by molar-refractivity contribution is 7.18. The second-order valence-corrected chi connectivity index (χ2v) is 10.6. The van der Waals surface area contributed by atoms with Gasteiger partial charge in [-0.15, -0.1) is 11.3 Å². The van der Waals surface area contributed by atoms with Crippen LogP contribution in [-0.2, 0) is 11.3 Å². The molecular formula is C26H35N5O2S. The van der Waals surface area contributed by atoms with Crippen LogP contribution in [0.2, 0.25) is 0 Å². The Balaban J connectivity index is 1.07. The first-order chi connectivity index (χ1) is 16.6. The first-order valence-electron chi connectivity index (χ1n) is 12.4. The van der Waals surface area contributed by atoms with Crippen molar-refractivity contribution in [2.24, 2.45) is 0 Å². The topological polar surface area (TPSA) is 62.8 Å². The van der Waals surface area contributed by atoms with Crippen molar-refractivity contribution in [3.8, 4) is 5.75 Å². The van der Waals surface area contributed by atoms with Gasteiger partial charge in [-0.2, -0.15) is 0 Å². The molecule has 2 fully saturated rings. The zero-order valence-corrected chi connectivity index (χ0v) is 21.1. The van der Waals surface area contributed by atoms with E-state index in [9.17, 15) is 0 Å². The summed E-state index contributed by atoms with van der Waals surface area (Å²) in [5.41, 5.74) is 1.34. The molecule has 0 saturated carbocycles. The number of ether oxygens (including phenoxy) is 2. The molecule has 3 aromatic rings. The van der Waals surface area contributed by atoms with Crippen LogP contribution in [-0.4, -0.2) is 78.4 Å². The Hall–Kier alpha value is -2.26. The molecule has 1 aromatic carbocycles. The van der Waals surface area contributed by atoms with Crippen LogP contribution in [0.5, 0.6) is 5.75 Å². The fourth-order valence-corrected chi connectivity index (χ4v) is 5.68. The van der Waals surface area contributed by atoms with Gasteiger partial charge in [-0.05, 0) is 50.5 Å². The van der Waals surface area contributed by atoms with Crippen LogP contribution in [0.1, 0.15) is 29.1 Å². The molecule has 0 unspecified atom stereocenters. The number of nitrogens with zero attached hydrogens (tertiary/aromatic N) is 4. The smallest absolute Gasteiger partial charge is 0.138 e. The molecule has 0 spiro atoms. The maximum Gasteiger partial charge on any atom is 0.138 e. The highest BCUT2D eigenvalue weighted by Gasteiger charge is 2.21. The minimum absolute atomic E-state index is 0.455. The summed E-state index contributed by atoms with van der Waals surface area (Å²) in [7, 11) is 0. The molecule has 2 aromatic heterocycles. The van der Waals surface area contributed by atoms with Gasteiger partial charge >= 0.3 is 0 Å². The third-order valence-corrected chi connectivity index (χ3v) is 7.61. The SMILES string of the molecule is Cc1nc(NC2CCN(Cc3ccc(OCCN4CCOCC4)cc3)CC2)c2cc(C)sc2n1. The number of benzene rings is 1. The van der Waals surface area contributed by atoms with E-state index in [0.717, 1.165) is 99.5 Å². The first-order valence-corrected chi connectivity index (χ1v) is 13.2. The Morgan fingerprint density at radius 1 is 1.03 bits per heavy atom. The number of nitrogens with one attached hydrogen (secondary N) is 1. The van der Waals surface area contributed by atoms with E-state index >= 15 is 0 Å². The maximum absolute atomic E-state index is 5.95. The van der Waals surface area contributed by atoms with Crippen LogP contribution < -0.4 is 10.1 Å². The molecule has 4 heterocycles. The average molecular weight is 482 g/mol. The fraction of sp³-hybridized carbons (Fsp3) is 0.538. The lowest BCUT2D eigenvalue weighted by molar-refractivity contribution is 0.0322. The third-order valence-electron chi connectivity index (χ3n) is 6.67. The lowest BCUT2D eigenvalue weighted by Gasteiger charge is -2.32. The van der Waals surface area contributed by atoms with Gasteiger partial charge in [0.15, 0.2) is 0 Å². The number of rotatable bonds is 8. The van der Waals surface area contributed by atoms with Crippen LogP contribution in [0.25, 0.3) is 10.2 Å². The van der Waals surface area contributed by atoms with Gasteiger partial charge < -0.3 is 14.8 Å². The number of aryl methyl sites for hydroxylation is 2. The van der Waals surface area contributed by atoms with Gasteiger partial charge in [-0.3, -0.25) is 9.80 Å². The number of hydrogen-bond acceptors (Lipinski definition) is 8. The molecule has 2 saturated heterocycles. The number of aromatic nitrogens is 2. The minimum atomic E-state index is 0.455. The summed E-state index contributed by atoms with van der Waals surface area (Å²) in [5.74, 6) is 2.78.